The lowest BCUT2D eigenvalue weighted by Gasteiger charge is -2.05. The highest BCUT2D eigenvalue weighted by Gasteiger charge is 2.07. The number of nitro benzene ring substituents is 1. The molecular formula is C10H11N3O3. The zero-order valence-electron chi connectivity index (χ0n) is 8.55. The third kappa shape index (κ3) is 2.47. The number of amidine groups is 1. The first-order valence-electron chi connectivity index (χ1n) is 4.90. The van der Waals surface area contributed by atoms with Crippen LogP contribution in [0.2, 0.25) is 0 Å². The van der Waals surface area contributed by atoms with Gasteiger partial charge in [0.15, 0.2) is 0 Å². The second kappa shape index (κ2) is 4.61. The number of benzene rings is 1. The summed E-state index contributed by atoms with van der Waals surface area (Å²) in [6.07, 6.45) is 0. The summed E-state index contributed by atoms with van der Waals surface area (Å²) in [6, 6.07) is 5.99. The van der Waals surface area contributed by atoms with Crippen LogP contribution in [0.4, 0.5) is 5.69 Å². The minimum atomic E-state index is -0.438. The lowest BCUT2D eigenvalue weighted by molar-refractivity contribution is -0.384. The molecule has 1 aliphatic heterocycles. The molecule has 6 heteroatoms. The lowest BCUT2D eigenvalue weighted by atomic mass is 10.3. The van der Waals surface area contributed by atoms with Gasteiger partial charge in [-0.15, -0.1) is 0 Å². The zero-order chi connectivity index (χ0) is 11.4. The highest BCUT2D eigenvalue weighted by molar-refractivity contribution is 5.84. The van der Waals surface area contributed by atoms with E-state index in [1.165, 1.54) is 12.1 Å². The molecule has 1 aromatic carbocycles. The first kappa shape index (κ1) is 10.4. The Morgan fingerprint density at radius 2 is 2.19 bits per heavy atom. The third-order valence-electron chi connectivity index (χ3n) is 2.17. The minimum Gasteiger partial charge on any atom is -0.486 e. The Balaban J connectivity index is 1.92. The predicted octanol–water partition coefficient (Wildman–Crippen LogP) is 0.975. The summed E-state index contributed by atoms with van der Waals surface area (Å²) < 4.78 is 5.41. The van der Waals surface area contributed by atoms with Gasteiger partial charge < -0.3 is 10.1 Å². The van der Waals surface area contributed by atoms with Crippen molar-refractivity contribution in [1.29, 1.82) is 0 Å². The van der Waals surface area contributed by atoms with Crippen molar-refractivity contribution >= 4 is 11.5 Å². The van der Waals surface area contributed by atoms with E-state index in [-0.39, 0.29) is 5.69 Å². The van der Waals surface area contributed by atoms with E-state index in [4.69, 9.17) is 4.74 Å². The molecule has 0 bridgehead atoms. The van der Waals surface area contributed by atoms with E-state index in [0.717, 1.165) is 18.9 Å². The monoisotopic (exact) mass is 221 g/mol. The summed E-state index contributed by atoms with van der Waals surface area (Å²) in [5.74, 6) is 1.42. The zero-order valence-corrected chi connectivity index (χ0v) is 8.55. The molecule has 1 N–H and O–H groups in total. The molecule has 0 unspecified atom stereocenters. The fourth-order valence-electron chi connectivity index (χ4n) is 1.36. The number of hydrogen-bond acceptors (Lipinski definition) is 5. The van der Waals surface area contributed by atoms with E-state index in [2.05, 4.69) is 10.3 Å². The quantitative estimate of drug-likeness (QED) is 0.607. The molecule has 2 rings (SSSR count). The molecule has 6 nitrogen and oxygen atoms in total. The molecule has 1 aromatic rings. The van der Waals surface area contributed by atoms with Crippen molar-refractivity contribution in [2.75, 3.05) is 19.7 Å². The molecule has 1 heterocycles. The maximum absolute atomic E-state index is 10.4. The minimum absolute atomic E-state index is 0.0590. The van der Waals surface area contributed by atoms with Crippen molar-refractivity contribution in [2.24, 2.45) is 4.99 Å². The van der Waals surface area contributed by atoms with Gasteiger partial charge in [0, 0.05) is 18.7 Å². The molecule has 0 aliphatic carbocycles. The Morgan fingerprint density at radius 3 is 2.75 bits per heavy atom. The maximum atomic E-state index is 10.4. The maximum Gasteiger partial charge on any atom is 0.269 e. The van der Waals surface area contributed by atoms with Crippen LogP contribution in [-0.2, 0) is 0 Å². The van der Waals surface area contributed by atoms with Crippen LogP contribution >= 0.6 is 0 Å². The topological polar surface area (TPSA) is 76.8 Å². The average Bonchev–Trinajstić information content (AvgIpc) is 2.80. The third-order valence-corrected chi connectivity index (χ3v) is 2.17. The molecule has 0 amide bonds. The molecule has 1 aliphatic rings. The molecule has 0 saturated carbocycles. The number of ether oxygens (including phenoxy) is 1. The van der Waals surface area contributed by atoms with E-state index in [1.807, 2.05) is 0 Å². The van der Waals surface area contributed by atoms with E-state index < -0.39 is 4.92 Å². The van der Waals surface area contributed by atoms with Gasteiger partial charge in [-0.3, -0.25) is 15.1 Å². The fraction of sp³-hybridized carbons (Fsp3) is 0.300. The first-order valence-corrected chi connectivity index (χ1v) is 4.90. The van der Waals surface area contributed by atoms with Crippen molar-refractivity contribution in [3.8, 4) is 5.75 Å². The average molecular weight is 221 g/mol. The van der Waals surface area contributed by atoms with E-state index >= 15 is 0 Å². The van der Waals surface area contributed by atoms with Crippen LogP contribution in [0.25, 0.3) is 0 Å². The largest absolute Gasteiger partial charge is 0.486 e. The van der Waals surface area contributed by atoms with Gasteiger partial charge in [-0.25, -0.2) is 0 Å². The van der Waals surface area contributed by atoms with Crippen molar-refractivity contribution in [1.82, 2.24) is 5.32 Å². The van der Waals surface area contributed by atoms with E-state index in [1.54, 1.807) is 12.1 Å². The number of hydrogen-bond donors (Lipinski definition) is 1. The van der Waals surface area contributed by atoms with Crippen LogP contribution < -0.4 is 10.1 Å². The number of nitrogens with one attached hydrogen (secondary N) is 1. The van der Waals surface area contributed by atoms with Crippen molar-refractivity contribution in [3.63, 3.8) is 0 Å². The lowest BCUT2D eigenvalue weighted by Crippen LogP contribution is -2.24. The second-order valence-corrected chi connectivity index (χ2v) is 3.29. The smallest absolute Gasteiger partial charge is 0.269 e. The van der Waals surface area contributed by atoms with Gasteiger partial charge in [0.25, 0.3) is 5.69 Å². The first-order chi connectivity index (χ1) is 7.75. The Labute approximate surface area is 92.1 Å². The van der Waals surface area contributed by atoms with Crippen LogP contribution in [0.15, 0.2) is 29.3 Å². The summed E-state index contributed by atoms with van der Waals surface area (Å²) in [5, 5.41) is 13.5. The standard InChI is InChI=1S/C10H11N3O3/c14-13(15)8-1-3-9(4-2-8)16-7-10-11-5-6-12-10/h1-4H,5-7H2,(H,11,12). The fourth-order valence-corrected chi connectivity index (χ4v) is 1.36. The summed E-state index contributed by atoms with van der Waals surface area (Å²) in [7, 11) is 0. The Kier molecular flexibility index (Phi) is 3.00. The summed E-state index contributed by atoms with van der Waals surface area (Å²) in [6.45, 7) is 2.00. The van der Waals surface area contributed by atoms with Crippen molar-refractivity contribution in [2.45, 2.75) is 0 Å². The van der Waals surface area contributed by atoms with Gasteiger partial charge in [-0.05, 0) is 12.1 Å². The molecular weight excluding hydrogens is 210 g/mol. The van der Waals surface area contributed by atoms with Crippen LogP contribution in [0.1, 0.15) is 0 Å². The Bertz CT molecular complexity index is 414. The Hall–Kier alpha value is -2.11. The van der Waals surface area contributed by atoms with Crippen molar-refractivity contribution < 1.29 is 9.66 Å². The van der Waals surface area contributed by atoms with Gasteiger partial charge in [0.2, 0.25) is 0 Å². The SMILES string of the molecule is O=[N+]([O-])c1ccc(OCC2=NCCN2)cc1. The molecule has 0 spiro atoms. The molecule has 0 aromatic heterocycles. The number of nitro groups is 1. The summed E-state index contributed by atoms with van der Waals surface area (Å²) >= 11 is 0. The van der Waals surface area contributed by atoms with E-state index in [0.29, 0.717) is 12.4 Å². The van der Waals surface area contributed by atoms with Crippen molar-refractivity contribution in [3.05, 3.63) is 34.4 Å². The highest BCUT2D eigenvalue weighted by atomic mass is 16.6. The number of non-ortho nitro benzene ring substituents is 1. The molecule has 84 valence electrons. The van der Waals surface area contributed by atoms with Crippen LogP contribution in [-0.4, -0.2) is 30.5 Å². The number of aliphatic imine (C=N–C) groups is 1. The molecule has 0 fully saturated rings. The Morgan fingerprint density at radius 1 is 1.44 bits per heavy atom. The number of nitrogens with zero attached hydrogens (tertiary/aromatic N) is 2. The molecule has 0 atom stereocenters. The summed E-state index contributed by atoms with van der Waals surface area (Å²) in [5.41, 5.74) is 0.0590. The normalized spacial score (nSPS) is 14.1. The van der Waals surface area contributed by atoms with E-state index in [9.17, 15) is 10.1 Å². The predicted molar refractivity (Wildman–Crippen MR) is 58.9 cm³/mol. The summed E-state index contributed by atoms with van der Waals surface area (Å²) in [4.78, 5) is 14.1. The molecule has 0 saturated heterocycles. The van der Waals surface area contributed by atoms with Gasteiger partial charge in [-0.1, -0.05) is 0 Å². The van der Waals surface area contributed by atoms with Gasteiger partial charge in [-0.2, -0.15) is 0 Å². The van der Waals surface area contributed by atoms with Crippen LogP contribution in [0.3, 0.4) is 0 Å². The highest BCUT2D eigenvalue weighted by Crippen LogP contribution is 2.17. The van der Waals surface area contributed by atoms with Crippen LogP contribution in [0.5, 0.6) is 5.75 Å². The molecule has 0 radical (unpaired) electrons. The molecule has 16 heavy (non-hydrogen) atoms. The van der Waals surface area contributed by atoms with Gasteiger partial charge >= 0.3 is 0 Å². The van der Waals surface area contributed by atoms with Gasteiger partial charge in [0.05, 0.1) is 11.5 Å². The van der Waals surface area contributed by atoms with Crippen LogP contribution in [0, 0.1) is 10.1 Å². The van der Waals surface area contributed by atoms with Gasteiger partial charge in [0.1, 0.15) is 18.2 Å². The number of rotatable bonds is 4. The second-order valence-electron chi connectivity index (χ2n) is 3.29.